The molecular formula is C8H15N3OS. The molecule has 0 aromatic heterocycles. The van der Waals surface area contributed by atoms with Crippen LogP contribution in [0, 0.1) is 5.92 Å². The van der Waals surface area contributed by atoms with E-state index in [-0.39, 0.29) is 11.8 Å². The zero-order chi connectivity index (χ0) is 9.84. The smallest absolute Gasteiger partial charge is 0.220 e. The number of hydrogen-bond donors (Lipinski definition) is 2. The zero-order valence-electron chi connectivity index (χ0n) is 7.75. The van der Waals surface area contributed by atoms with Crippen molar-refractivity contribution >= 4 is 23.2 Å². The second-order valence-electron chi connectivity index (χ2n) is 3.22. The quantitative estimate of drug-likeness (QED) is 0.571. The molecule has 0 aliphatic carbocycles. The summed E-state index contributed by atoms with van der Waals surface area (Å²) in [5.74, 6) is -0.147. The van der Waals surface area contributed by atoms with Gasteiger partial charge in [-0.3, -0.25) is 4.79 Å². The van der Waals surface area contributed by atoms with E-state index in [0.29, 0.717) is 0 Å². The molecule has 1 amide bonds. The molecule has 4 nitrogen and oxygen atoms in total. The molecule has 74 valence electrons. The van der Waals surface area contributed by atoms with Crippen LogP contribution in [0.1, 0.15) is 12.8 Å². The van der Waals surface area contributed by atoms with Gasteiger partial charge in [-0.05, 0) is 25.1 Å². The van der Waals surface area contributed by atoms with E-state index in [2.05, 4.69) is 10.2 Å². The molecule has 0 bridgehead atoms. The second kappa shape index (κ2) is 4.41. The van der Waals surface area contributed by atoms with Crippen molar-refractivity contribution in [2.75, 3.05) is 20.1 Å². The summed E-state index contributed by atoms with van der Waals surface area (Å²) in [7, 11) is 1.81. The van der Waals surface area contributed by atoms with Gasteiger partial charge in [0.1, 0.15) is 0 Å². The molecule has 0 aromatic rings. The lowest BCUT2D eigenvalue weighted by atomic mass is 9.97. The molecule has 13 heavy (non-hydrogen) atoms. The highest BCUT2D eigenvalue weighted by Crippen LogP contribution is 2.16. The summed E-state index contributed by atoms with van der Waals surface area (Å²) in [6, 6.07) is 0. The highest BCUT2D eigenvalue weighted by molar-refractivity contribution is 7.80. The Balaban J connectivity index is 2.39. The highest BCUT2D eigenvalue weighted by atomic mass is 32.1. The third-order valence-corrected chi connectivity index (χ3v) is 2.86. The standard InChI is InChI=1S/C8H15N3OS/c1-10-8(13)11-4-2-6(3-5-11)7(9)12/h6H,2-5H2,1H3,(H2,9,12)(H,10,13). The van der Waals surface area contributed by atoms with Crippen molar-refractivity contribution in [3.63, 3.8) is 0 Å². The normalized spacial score (nSPS) is 18.4. The molecule has 0 unspecified atom stereocenters. The fraction of sp³-hybridized carbons (Fsp3) is 0.750. The first kappa shape index (κ1) is 10.2. The average molecular weight is 201 g/mol. The van der Waals surface area contributed by atoms with Crippen LogP contribution in [-0.2, 0) is 4.79 Å². The minimum atomic E-state index is -0.185. The lowest BCUT2D eigenvalue weighted by Crippen LogP contribution is -2.45. The predicted molar refractivity (Wildman–Crippen MR) is 55.1 cm³/mol. The number of amides is 1. The van der Waals surface area contributed by atoms with Crippen molar-refractivity contribution in [3.8, 4) is 0 Å². The molecule has 0 spiro atoms. The van der Waals surface area contributed by atoms with Crippen LogP contribution in [0.15, 0.2) is 0 Å². The second-order valence-corrected chi connectivity index (χ2v) is 3.61. The van der Waals surface area contributed by atoms with Crippen LogP contribution in [0.2, 0.25) is 0 Å². The van der Waals surface area contributed by atoms with E-state index in [1.807, 2.05) is 7.05 Å². The number of primary amides is 1. The first-order valence-electron chi connectivity index (χ1n) is 4.41. The van der Waals surface area contributed by atoms with Crippen LogP contribution >= 0.6 is 12.2 Å². The van der Waals surface area contributed by atoms with Crippen LogP contribution in [-0.4, -0.2) is 36.1 Å². The van der Waals surface area contributed by atoms with Gasteiger partial charge >= 0.3 is 0 Å². The number of likely N-dealkylation sites (tertiary alicyclic amines) is 1. The number of carbonyl (C=O) groups excluding carboxylic acids is 1. The Morgan fingerprint density at radius 3 is 2.46 bits per heavy atom. The number of carbonyl (C=O) groups is 1. The Morgan fingerprint density at radius 1 is 1.54 bits per heavy atom. The first-order valence-corrected chi connectivity index (χ1v) is 4.82. The van der Waals surface area contributed by atoms with Gasteiger partial charge in [0.25, 0.3) is 0 Å². The van der Waals surface area contributed by atoms with Crippen molar-refractivity contribution < 1.29 is 4.79 Å². The summed E-state index contributed by atoms with van der Waals surface area (Å²) < 4.78 is 0. The van der Waals surface area contributed by atoms with E-state index in [4.69, 9.17) is 18.0 Å². The predicted octanol–water partition coefficient (Wildman–Crippen LogP) is -0.312. The van der Waals surface area contributed by atoms with Gasteiger partial charge in [-0.15, -0.1) is 0 Å². The van der Waals surface area contributed by atoms with Gasteiger partial charge in [0.2, 0.25) is 5.91 Å². The summed E-state index contributed by atoms with van der Waals surface area (Å²) >= 11 is 5.08. The number of nitrogens with one attached hydrogen (secondary N) is 1. The molecule has 5 heteroatoms. The van der Waals surface area contributed by atoms with Crippen LogP contribution < -0.4 is 11.1 Å². The number of nitrogens with two attached hydrogens (primary N) is 1. The molecule has 1 saturated heterocycles. The van der Waals surface area contributed by atoms with Crippen LogP contribution in [0.4, 0.5) is 0 Å². The number of thiocarbonyl (C=S) groups is 1. The van der Waals surface area contributed by atoms with E-state index in [1.54, 1.807) is 0 Å². The lowest BCUT2D eigenvalue weighted by Gasteiger charge is -2.31. The third-order valence-electron chi connectivity index (χ3n) is 2.40. The van der Waals surface area contributed by atoms with Crippen molar-refractivity contribution in [2.24, 2.45) is 11.7 Å². The average Bonchev–Trinajstić information content (AvgIpc) is 2.17. The highest BCUT2D eigenvalue weighted by Gasteiger charge is 2.23. The van der Waals surface area contributed by atoms with Crippen molar-refractivity contribution in [1.29, 1.82) is 0 Å². The molecule has 1 fully saturated rings. The van der Waals surface area contributed by atoms with Crippen molar-refractivity contribution in [2.45, 2.75) is 12.8 Å². The minimum Gasteiger partial charge on any atom is -0.369 e. The maximum Gasteiger partial charge on any atom is 0.220 e. The molecule has 1 rings (SSSR count). The van der Waals surface area contributed by atoms with E-state index in [0.717, 1.165) is 31.0 Å². The lowest BCUT2D eigenvalue weighted by molar-refractivity contribution is -0.122. The van der Waals surface area contributed by atoms with Crippen molar-refractivity contribution in [1.82, 2.24) is 10.2 Å². The third kappa shape index (κ3) is 2.55. The first-order chi connectivity index (χ1) is 6.15. The molecule has 0 atom stereocenters. The molecule has 0 saturated carbocycles. The SMILES string of the molecule is CNC(=S)N1CCC(C(N)=O)CC1. The summed E-state index contributed by atoms with van der Waals surface area (Å²) in [5, 5.41) is 3.67. The fourth-order valence-corrected chi connectivity index (χ4v) is 1.71. The molecular weight excluding hydrogens is 186 g/mol. The summed E-state index contributed by atoms with van der Waals surface area (Å²) in [5.41, 5.74) is 5.22. The Hall–Kier alpha value is -0.840. The molecule has 3 N–H and O–H groups in total. The Bertz CT molecular complexity index is 211. The van der Waals surface area contributed by atoms with E-state index in [9.17, 15) is 4.79 Å². The summed E-state index contributed by atoms with van der Waals surface area (Å²) in [6.45, 7) is 1.65. The Morgan fingerprint density at radius 2 is 2.08 bits per heavy atom. The summed E-state index contributed by atoms with van der Waals surface area (Å²) in [4.78, 5) is 12.9. The van der Waals surface area contributed by atoms with Crippen molar-refractivity contribution in [3.05, 3.63) is 0 Å². The van der Waals surface area contributed by atoms with Gasteiger partial charge in [0.15, 0.2) is 5.11 Å². The Kier molecular flexibility index (Phi) is 3.48. The van der Waals surface area contributed by atoms with Crippen LogP contribution in [0.25, 0.3) is 0 Å². The maximum atomic E-state index is 10.9. The minimum absolute atomic E-state index is 0.0379. The Labute approximate surface area is 83.5 Å². The van der Waals surface area contributed by atoms with Gasteiger partial charge in [-0.25, -0.2) is 0 Å². The maximum absolute atomic E-state index is 10.9. The van der Waals surface area contributed by atoms with E-state index < -0.39 is 0 Å². The molecule has 1 aliphatic rings. The van der Waals surface area contributed by atoms with Crippen LogP contribution in [0.3, 0.4) is 0 Å². The number of hydrogen-bond acceptors (Lipinski definition) is 2. The van der Waals surface area contributed by atoms with Gasteiger partial charge < -0.3 is 16.0 Å². The zero-order valence-corrected chi connectivity index (χ0v) is 8.56. The molecule has 1 aliphatic heterocycles. The largest absolute Gasteiger partial charge is 0.369 e. The van der Waals surface area contributed by atoms with E-state index in [1.165, 1.54) is 0 Å². The van der Waals surface area contributed by atoms with Gasteiger partial charge in [0.05, 0.1) is 0 Å². The molecule has 1 heterocycles. The molecule has 0 radical (unpaired) electrons. The number of nitrogens with zero attached hydrogens (tertiary/aromatic N) is 1. The number of piperidine rings is 1. The van der Waals surface area contributed by atoms with Crippen LogP contribution in [0.5, 0.6) is 0 Å². The van der Waals surface area contributed by atoms with Gasteiger partial charge in [0, 0.05) is 26.1 Å². The molecule has 0 aromatic carbocycles. The monoisotopic (exact) mass is 201 g/mol. The van der Waals surface area contributed by atoms with Gasteiger partial charge in [-0.1, -0.05) is 0 Å². The fourth-order valence-electron chi connectivity index (χ4n) is 1.53. The number of rotatable bonds is 1. The topological polar surface area (TPSA) is 58.4 Å². The van der Waals surface area contributed by atoms with Gasteiger partial charge in [-0.2, -0.15) is 0 Å². The van der Waals surface area contributed by atoms with E-state index >= 15 is 0 Å². The summed E-state index contributed by atoms with van der Waals surface area (Å²) in [6.07, 6.45) is 1.63.